The number of amides is 3. The Balaban J connectivity index is 3.42. The Kier molecular flexibility index (Phi) is 18.2. The third kappa shape index (κ3) is 20.0. The molecule has 0 spiro atoms. The maximum Gasteiger partial charge on any atom is 0.321 e. The number of imide groups is 1. The van der Waals surface area contributed by atoms with Gasteiger partial charge in [0.2, 0.25) is 5.91 Å². The van der Waals surface area contributed by atoms with Crippen LogP contribution in [0.4, 0.5) is 4.79 Å². The van der Waals surface area contributed by atoms with Crippen LogP contribution in [0.3, 0.4) is 0 Å². The van der Waals surface area contributed by atoms with E-state index in [1.807, 2.05) is 5.32 Å². The molecule has 0 rings (SSSR count). The summed E-state index contributed by atoms with van der Waals surface area (Å²) in [5.41, 5.74) is 0. The van der Waals surface area contributed by atoms with Crippen LogP contribution in [0.25, 0.3) is 0 Å². The monoisotopic (exact) mass is 432 g/mol. The minimum absolute atomic E-state index is 0.00656. The first kappa shape index (κ1) is 27.9. The number of hydrogen-bond acceptors (Lipinski definition) is 4. The molecule has 0 bridgehead atoms. The number of sulfone groups is 1. The van der Waals surface area contributed by atoms with Gasteiger partial charge < -0.3 is 5.32 Å². The quantitative estimate of drug-likeness (QED) is 0.277. The zero-order chi connectivity index (χ0) is 21.8. The molecule has 0 aliphatic carbocycles. The van der Waals surface area contributed by atoms with Gasteiger partial charge in [0.1, 0.15) is 5.75 Å². The standard InChI is InChI=1S/C22H44N2O4S/c1-3-4-5-6-7-8-9-10-11-12-13-14-15-16-17-18-19-29(27,28)20-21(25)24-22(26)23-2/h3-20H2,1-2H3,(H2,23,24,25,26). The molecule has 0 unspecified atom stereocenters. The van der Waals surface area contributed by atoms with E-state index in [0.717, 1.165) is 19.3 Å². The highest BCUT2D eigenvalue weighted by Crippen LogP contribution is 2.14. The topological polar surface area (TPSA) is 92.3 Å². The van der Waals surface area contributed by atoms with Gasteiger partial charge in [-0.2, -0.15) is 0 Å². The predicted molar refractivity (Wildman–Crippen MR) is 121 cm³/mol. The Labute approximate surface area is 178 Å². The lowest BCUT2D eigenvalue weighted by Gasteiger charge is -2.06. The van der Waals surface area contributed by atoms with Gasteiger partial charge in [-0.15, -0.1) is 0 Å². The highest BCUT2D eigenvalue weighted by Gasteiger charge is 2.17. The summed E-state index contributed by atoms with van der Waals surface area (Å²) in [7, 11) is -2.08. The van der Waals surface area contributed by atoms with Crippen LogP contribution in [0, 0.1) is 0 Å². The number of unbranched alkanes of at least 4 members (excludes halogenated alkanes) is 15. The first-order chi connectivity index (χ1) is 13.9. The normalized spacial score (nSPS) is 11.4. The maximum absolute atomic E-state index is 11.9. The van der Waals surface area contributed by atoms with E-state index >= 15 is 0 Å². The van der Waals surface area contributed by atoms with Crippen molar-refractivity contribution in [2.75, 3.05) is 18.6 Å². The minimum atomic E-state index is -3.45. The van der Waals surface area contributed by atoms with Crippen molar-refractivity contribution in [3.05, 3.63) is 0 Å². The van der Waals surface area contributed by atoms with E-state index in [1.165, 1.54) is 84.1 Å². The van der Waals surface area contributed by atoms with Gasteiger partial charge in [0, 0.05) is 7.05 Å². The molecular formula is C22H44N2O4S. The highest BCUT2D eigenvalue weighted by atomic mass is 32.2. The van der Waals surface area contributed by atoms with Gasteiger partial charge in [-0.25, -0.2) is 13.2 Å². The van der Waals surface area contributed by atoms with Gasteiger partial charge >= 0.3 is 6.03 Å². The maximum atomic E-state index is 11.9. The number of hydrogen-bond donors (Lipinski definition) is 2. The molecule has 0 saturated carbocycles. The van der Waals surface area contributed by atoms with Gasteiger partial charge in [-0.05, 0) is 6.42 Å². The molecular weight excluding hydrogens is 388 g/mol. The lowest BCUT2D eigenvalue weighted by Crippen LogP contribution is -2.40. The summed E-state index contributed by atoms with van der Waals surface area (Å²) in [6.45, 7) is 2.26. The van der Waals surface area contributed by atoms with Crippen LogP contribution >= 0.6 is 0 Å². The van der Waals surface area contributed by atoms with Crippen LogP contribution in [-0.2, 0) is 14.6 Å². The van der Waals surface area contributed by atoms with Crippen molar-refractivity contribution in [1.82, 2.24) is 10.6 Å². The van der Waals surface area contributed by atoms with Crippen molar-refractivity contribution in [2.24, 2.45) is 0 Å². The van der Waals surface area contributed by atoms with Crippen LogP contribution in [0.2, 0.25) is 0 Å². The molecule has 0 fully saturated rings. The first-order valence-corrected chi connectivity index (χ1v) is 13.5. The second kappa shape index (κ2) is 18.9. The Morgan fingerprint density at radius 1 is 0.655 bits per heavy atom. The van der Waals surface area contributed by atoms with E-state index in [4.69, 9.17) is 0 Å². The van der Waals surface area contributed by atoms with E-state index in [-0.39, 0.29) is 5.75 Å². The first-order valence-electron chi connectivity index (χ1n) is 11.6. The zero-order valence-corrected chi connectivity index (χ0v) is 19.6. The molecule has 0 radical (unpaired) electrons. The fourth-order valence-corrected chi connectivity index (χ4v) is 4.63. The summed E-state index contributed by atoms with van der Waals surface area (Å²) in [5.74, 6) is -1.40. The lowest BCUT2D eigenvalue weighted by molar-refractivity contribution is -0.117. The molecule has 172 valence electrons. The summed E-state index contributed by atoms with van der Waals surface area (Å²) in [6.07, 6.45) is 19.8. The molecule has 0 aliphatic heterocycles. The third-order valence-electron chi connectivity index (χ3n) is 5.14. The number of carbonyl (C=O) groups excluding carboxylic acids is 2. The van der Waals surface area contributed by atoms with Gasteiger partial charge in [-0.3, -0.25) is 10.1 Å². The van der Waals surface area contributed by atoms with Crippen LogP contribution < -0.4 is 10.6 Å². The smallest absolute Gasteiger partial charge is 0.321 e. The van der Waals surface area contributed by atoms with Crippen molar-refractivity contribution in [2.45, 2.75) is 110 Å². The lowest BCUT2D eigenvalue weighted by atomic mass is 10.0. The van der Waals surface area contributed by atoms with Crippen molar-refractivity contribution in [3.8, 4) is 0 Å². The van der Waals surface area contributed by atoms with Crippen LogP contribution in [0.5, 0.6) is 0 Å². The van der Waals surface area contributed by atoms with Crippen molar-refractivity contribution >= 4 is 21.8 Å². The van der Waals surface area contributed by atoms with Crippen LogP contribution in [0.15, 0.2) is 0 Å². The molecule has 29 heavy (non-hydrogen) atoms. The van der Waals surface area contributed by atoms with Crippen molar-refractivity contribution < 1.29 is 18.0 Å². The average molecular weight is 433 g/mol. The molecule has 0 aromatic rings. The van der Waals surface area contributed by atoms with Crippen molar-refractivity contribution in [1.29, 1.82) is 0 Å². The molecule has 0 aliphatic rings. The zero-order valence-electron chi connectivity index (χ0n) is 18.8. The largest absolute Gasteiger partial charge is 0.341 e. The second-order valence-corrected chi connectivity index (χ2v) is 10.2. The number of urea groups is 1. The van der Waals surface area contributed by atoms with Gasteiger partial charge in [0.25, 0.3) is 0 Å². The van der Waals surface area contributed by atoms with E-state index in [1.54, 1.807) is 0 Å². The van der Waals surface area contributed by atoms with Gasteiger partial charge in [0.15, 0.2) is 9.84 Å². The number of carbonyl (C=O) groups is 2. The SMILES string of the molecule is CCCCCCCCCCCCCCCCCCS(=O)(=O)CC(=O)NC(=O)NC. The predicted octanol–water partition coefficient (Wildman–Crippen LogP) is 5.12. The highest BCUT2D eigenvalue weighted by molar-refractivity contribution is 7.92. The molecule has 0 heterocycles. The minimum Gasteiger partial charge on any atom is -0.341 e. The number of nitrogens with one attached hydrogen (secondary N) is 2. The summed E-state index contributed by atoms with van der Waals surface area (Å²) >= 11 is 0. The van der Waals surface area contributed by atoms with E-state index in [9.17, 15) is 18.0 Å². The summed E-state index contributed by atoms with van der Waals surface area (Å²) in [5, 5.41) is 4.19. The molecule has 0 atom stereocenters. The van der Waals surface area contributed by atoms with Crippen LogP contribution in [0.1, 0.15) is 110 Å². The summed E-state index contributed by atoms with van der Waals surface area (Å²) in [6, 6.07) is -0.687. The van der Waals surface area contributed by atoms with Crippen molar-refractivity contribution in [3.63, 3.8) is 0 Å². The Hall–Kier alpha value is -1.11. The van der Waals surface area contributed by atoms with Crippen LogP contribution in [-0.4, -0.2) is 38.9 Å². The fourth-order valence-electron chi connectivity index (χ4n) is 3.37. The second-order valence-electron chi connectivity index (χ2n) is 8.02. The number of rotatable bonds is 19. The molecule has 0 aromatic carbocycles. The summed E-state index contributed by atoms with van der Waals surface area (Å²) < 4.78 is 23.7. The third-order valence-corrected chi connectivity index (χ3v) is 6.75. The summed E-state index contributed by atoms with van der Waals surface area (Å²) in [4.78, 5) is 22.4. The Morgan fingerprint density at radius 2 is 1.03 bits per heavy atom. The molecule has 7 heteroatoms. The fraction of sp³-hybridized carbons (Fsp3) is 0.909. The average Bonchev–Trinajstić information content (AvgIpc) is 2.66. The molecule has 3 amide bonds. The van der Waals surface area contributed by atoms with E-state index in [0.29, 0.717) is 6.42 Å². The Bertz CT molecular complexity index is 521. The Morgan fingerprint density at radius 3 is 1.41 bits per heavy atom. The molecule has 0 aromatic heterocycles. The van der Waals surface area contributed by atoms with Gasteiger partial charge in [0.05, 0.1) is 5.75 Å². The van der Waals surface area contributed by atoms with Gasteiger partial charge in [-0.1, -0.05) is 103 Å². The molecule has 6 nitrogen and oxygen atoms in total. The molecule has 0 saturated heterocycles. The van der Waals surface area contributed by atoms with E-state index < -0.39 is 27.5 Å². The van der Waals surface area contributed by atoms with E-state index in [2.05, 4.69) is 12.2 Å². The molecule has 2 N–H and O–H groups in total.